The second-order valence-electron chi connectivity index (χ2n) is 6.56. The maximum absolute atomic E-state index is 13.8. The molecule has 0 aliphatic rings. The highest BCUT2D eigenvalue weighted by molar-refractivity contribution is 5.76. The average molecular weight is 382 g/mol. The van der Waals surface area contributed by atoms with Crippen molar-refractivity contribution in [3.63, 3.8) is 0 Å². The van der Waals surface area contributed by atoms with E-state index in [1.165, 1.54) is 11.6 Å². The highest BCUT2D eigenvalue weighted by Gasteiger charge is 2.13. The van der Waals surface area contributed by atoms with Crippen molar-refractivity contribution in [3.8, 4) is 11.4 Å². The Morgan fingerprint density at radius 3 is 2.68 bits per heavy atom. The molecule has 3 rings (SSSR count). The van der Waals surface area contributed by atoms with E-state index >= 15 is 0 Å². The van der Waals surface area contributed by atoms with Crippen molar-refractivity contribution in [2.24, 2.45) is 0 Å². The number of nitrogens with one attached hydrogen (secondary N) is 1. The van der Waals surface area contributed by atoms with E-state index < -0.39 is 5.82 Å². The summed E-state index contributed by atoms with van der Waals surface area (Å²) in [7, 11) is 2.02. The SMILES string of the molecule is CN(CCNC(=O)CCc1nc(-c2ccccc2F)no1)Cc1ccccc1. The van der Waals surface area contributed by atoms with Gasteiger partial charge in [-0.25, -0.2) is 4.39 Å². The number of amides is 1. The number of likely N-dealkylation sites (N-methyl/N-ethyl adjacent to an activating group) is 1. The quantitative estimate of drug-likeness (QED) is 0.616. The van der Waals surface area contributed by atoms with Crippen LogP contribution < -0.4 is 5.32 Å². The molecule has 7 heteroatoms. The molecule has 0 atom stereocenters. The van der Waals surface area contributed by atoms with Crippen LogP contribution in [0.1, 0.15) is 17.9 Å². The number of hydrogen-bond donors (Lipinski definition) is 1. The largest absolute Gasteiger partial charge is 0.355 e. The minimum Gasteiger partial charge on any atom is -0.355 e. The molecule has 3 aromatic rings. The van der Waals surface area contributed by atoms with Crippen LogP contribution in [0.15, 0.2) is 59.1 Å². The Labute approximate surface area is 163 Å². The first-order valence-corrected chi connectivity index (χ1v) is 9.18. The monoisotopic (exact) mass is 382 g/mol. The third-order valence-corrected chi connectivity index (χ3v) is 4.26. The lowest BCUT2D eigenvalue weighted by molar-refractivity contribution is -0.121. The van der Waals surface area contributed by atoms with Gasteiger partial charge in [0.05, 0.1) is 5.56 Å². The van der Waals surface area contributed by atoms with Crippen molar-refractivity contribution in [1.29, 1.82) is 0 Å². The Morgan fingerprint density at radius 1 is 1.14 bits per heavy atom. The Morgan fingerprint density at radius 2 is 1.89 bits per heavy atom. The van der Waals surface area contributed by atoms with E-state index in [0.29, 0.717) is 18.9 Å². The van der Waals surface area contributed by atoms with Crippen LogP contribution in [0.2, 0.25) is 0 Å². The molecule has 0 spiro atoms. The van der Waals surface area contributed by atoms with E-state index in [1.807, 2.05) is 25.2 Å². The molecule has 1 heterocycles. The van der Waals surface area contributed by atoms with Gasteiger partial charge in [0, 0.05) is 32.5 Å². The van der Waals surface area contributed by atoms with Gasteiger partial charge in [-0.15, -0.1) is 0 Å². The highest BCUT2D eigenvalue weighted by Crippen LogP contribution is 2.19. The van der Waals surface area contributed by atoms with Crippen LogP contribution in [0.3, 0.4) is 0 Å². The lowest BCUT2D eigenvalue weighted by atomic mass is 10.2. The van der Waals surface area contributed by atoms with Crippen LogP contribution >= 0.6 is 0 Å². The molecular weight excluding hydrogens is 359 g/mol. The molecule has 2 aromatic carbocycles. The minimum atomic E-state index is -0.410. The number of carbonyl (C=O) groups excluding carboxylic acids is 1. The summed E-state index contributed by atoms with van der Waals surface area (Å²) in [6.07, 6.45) is 0.550. The lowest BCUT2D eigenvalue weighted by Crippen LogP contribution is -2.32. The molecule has 1 amide bonds. The molecule has 0 bridgehead atoms. The average Bonchev–Trinajstić information content (AvgIpc) is 3.16. The fourth-order valence-electron chi connectivity index (χ4n) is 2.78. The van der Waals surface area contributed by atoms with Crippen molar-refractivity contribution in [3.05, 3.63) is 71.9 Å². The fraction of sp³-hybridized carbons (Fsp3) is 0.286. The van der Waals surface area contributed by atoms with Gasteiger partial charge in [-0.2, -0.15) is 4.98 Å². The van der Waals surface area contributed by atoms with Crippen molar-refractivity contribution in [1.82, 2.24) is 20.4 Å². The maximum Gasteiger partial charge on any atom is 0.227 e. The Kier molecular flexibility index (Phi) is 6.86. The smallest absolute Gasteiger partial charge is 0.227 e. The van der Waals surface area contributed by atoms with Gasteiger partial charge < -0.3 is 14.7 Å². The summed E-state index contributed by atoms with van der Waals surface area (Å²) in [4.78, 5) is 18.3. The molecule has 1 aromatic heterocycles. The van der Waals surface area contributed by atoms with Crippen LogP contribution in [-0.2, 0) is 17.8 Å². The summed E-state index contributed by atoms with van der Waals surface area (Å²) in [6, 6.07) is 16.4. The lowest BCUT2D eigenvalue weighted by Gasteiger charge is -2.16. The van der Waals surface area contributed by atoms with Crippen molar-refractivity contribution < 1.29 is 13.7 Å². The number of benzene rings is 2. The van der Waals surface area contributed by atoms with E-state index in [0.717, 1.165) is 13.1 Å². The predicted octanol–water partition coefficient (Wildman–Crippen LogP) is 3.06. The Hall–Kier alpha value is -3.06. The van der Waals surface area contributed by atoms with E-state index in [9.17, 15) is 9.18 Å². The first kappa shape index (κ1) is 19.7. The van der Waals surface area contributed by atoms with E-state index in [-0.39, 0.29) is 23.7 Å². The van der Waals surface area contributed by atoms with Gasteiger partial charge in [0.15, 0.2) is 0 Å². The topological polar surface area (TPSA) is 71.3 Å². The summed E-state index contributed by atoms with van der Waals surface area (Å²) in [5.41, 5.74) is 1.52. The first-order chi connectivity index (χ1) is 13.6. The van der Waals surface area contributed by atoms with Crippen LogP contribution in [0.4, 0.5) is 4.39 Å². The zero-order chi connectivity index (χ0) is 19.8. The number of nitrogens with zero attached hydrogens (tertiary/aromatic N) is 3. The summed E-state index contributed by atoms with van der Waals surface area (Å²) in [5.74, 6) is 0.0108. The predicted molar refractivity (Wildman–Crippen MR) is 104 cm³/mol. The first-order valence-electron chi connectivity index (χ1n) is 9.18. The van der Waals surface area contributed by atoms with Crippen LogP contribution in [0.5, 0.6) is 0 Å². The third-order valence-electron chi connectivity index (χ3n) is 4.26. The molecule has 0 aliphatic carbocycles. The van der Waals surface area contributed by atoms with Gasteiger partial charge in [0.1, 0.15) is 5.82 Å². The normalized spacial score (nSPS) is 11.0. The molecule has 0 aliphatic heterocycles. The zero-order valence-corrected chi connectivity index (χ0v) is 15.8. The number of aromatic nitrogens is 2. The van der Waals surface area contributed by atoms with Crippen molar-refractivity contribution in [2.75, 3.05) is 20.1 Å². The van der Waals surface area contributed by atoms with Crippen LogP contribution in [0, 0.1) is 5.82 Å². The molecule has 0 fully saturated rings. The molecule has 6 nitrogen and oxygen atoms in total. The van der Waals surface area contributed by atoms with Gasteiger partial charge in [-0.1, -0.05) is 47.6 Å². The fourth-order valence-corrected chi connectivity index (χ4v) is 2.78. The number of carbonyl (C=O) groups is 1. The molecule has 0 radical (unpaired) electrons. The molecule has 0 saturated heterocycles. The van der Waals surface area contributed by atoms with Gasteiger partial charge in [0.25, 0.3) is 0 Å². The second-order valence-corrected chi connectivity index (χ2v) is 6.56. The van der Waals surface area contributed by atoms with E-state index in [4.69, 9.17) is 4.52 Å². The zero-order valence-electron chi connectivity index (χ0n) is 15.8. The summed E-state index contributed by atoms with van der Waals surface area (Å²) in [6.45, 7) is 2.14. The second kappa shape index (κ2) is 9.75. The number of hydrogen-bond acceptors (Lipinski definition) is 5. The number of rotatable bonds is 9. The Balaban J connectivity index is 1.38. The van der Waals surface area contributed by atoms with Gasteiger partial charge in [0.2, 0.25) is 17.6 Å². The van der Waals surface area contributed by atoms with E-state index in [2.05, 4.69) is 32.5 Å². The maximum atomic E-state index is 13.8. The summed E-state index contributed by atoms with van der Waals surface area (Å²) in [5, 5.41) is 6.67. The van der Waals surface area contributed by atoms with Gasteiger partial charge in [-0.3, -0.25) is 4.79 Å². The third kappa shape index (κ3) is 5.72. The molecule has 146 valence electrons. The van der Waals surface area contributed by atoms with Crippen molar-refractivity contribution in [2.45, 2.75) is 19.4 Å². The molecular formula is C21H23FN4O2. The Bertz CT molecular complexity index is 898. The van der Waals surface area contributed by atoms with Crippen molar-refractivity contribution >= 4 is 5.91 Å². The molecule has 0 saturated carbocycles. The minimum absolute atomic E-state index is 0.0845. The van der Waals surface area contributed by atoms with E-state index in [1.54, 1.807) is 18.2 Å². The van der Waals surface area contributed by atoms with Crippen LogP contribution in [0.25, 0.3) is 11.4 Å². The molecule has 1 N–H and O–H groups in total. The van der Waals surface area contributed by atoms with Gasteiger partial charge >= 0.3 is 0 Å². The molecule has 28 heavy (non-hydrogen) atoms. The standard InChI is InChI=1S/C21H23FN4O2/c1-26(15-16-7-3-2-4-8-16)14-13-23-19(27)11-12-20-24-21(25-28-20)17-9-5-6-10-18(17)22/h2-10H,11-15H2,1H3,(H,23,27). The highest BCUT2D eigenvalue weighted by atomic mass is 19.1. The number of aryl methyl sites for hydroxylation is 1. The molecule has 0 unspecified atom stereocenters. The van der Waals surface area contributed by atoms with Crippen LogP contribution in [-0.4, -0.2) is 41.1 Å². The number of halogens is 1. The summed E-state index contributed by atoms with van der Waals surface area (Å²) < 4.78 is 18.9. The van der Waals surface area contributed by atoms with Gasteiger partial charge in [-0.05, 0) is 24.7 Å². The summed E-state index contributed by atoms with van der Waals surface area (Å²) >= 11 is 0.